The van der Waals surface area contributed by atoms with Crippen LogP contribution in [0.3, 0.4) is 0 Å². The molecular formula is C10H16N2O3. The molecule has 1 heterocycles. The topological polar surface area (TPSA) is 78.4 Å². The van der Waals surface area contributed by atoms with Crippen molar-refractivity contribution in [2.45, 2.75) is 25.3 Å². The van der Waals surface area contributed by atoms with Crippen LogP contribution in [-0.2, 0) is 9.59 Å². The number of nitrogens with one attached hydrogen (secondary N) is 2. The van der Waals surface area contributed by atoms with Crippen molar-refractivity contribution in [1.29, 1.82) is 0 Å². The Morgan fingerprint density at radius 3 is 2.47 bits per heavy atom. The number of amides is 1. The van der Waals surface area contributed by atoms with E-state index in [4.69, 9.17) is 5.11 Å². The van der Waals surface area contributed by atoms with Crippen molar-refractivity contribution < 1.29 is 14.7 Å². The van der Waals surface area contributed by atoms with Crippen LogP contribution in [0.1, 0.15) is 19.3 Å². The largest absolute Gasteiger partial charge is 0.481 e. The van der Waals surface area contributed by atoms with E-state index in [1.807, 2.05) is 0 Å². The molecule has 15 heavy (non-hydrogen) atoms. The Labute approximate surface area is 88.2 Å². The van der Waals surface area contributed by atoms with Crippen LogP contribution >= 0.6 is 0 Å². The molecule has 1 aliphatic heterocycles. The molecule has 1 atom stereocenters. The lowest BCUT2D eigenvalue weighted by Gasteiger charge is -2.28. The molecule has 0 radical (unpaired) electrons. The van der Waals surface area contributed by atoms with Crippen LogP contribution in [0, 0.1) is 11.8 Å². The normalized spacial score (nSPS) is 22.9. The van der Waals surface area contributed by atoms with E-state index in [-0.39, 0.29) is 24.3 Å². The van der Waals surface area contributed by atoms with Gasteiger partial charge in [-0.3, -0.25) is 9.59 Å². The predicted molar refractivity (Wildman–Crippen MR) is 53.3 cm³/mol. The maximum atomic E-state index is 11.6. The lowest BCUT2D eigenvalue weighted by Crippen LogP contribution is -2.53. The summed E-state index contributed by atoms with van der Waals surface area (Å²) in [6.45, 7) is 1.44. The van der Waals surface area contributed by atoms with Crippen LogP contribution in [0.5, 0.6) is 0 Å². The quantitative estimate of drug-likeness (QED) is 0.578. The van der Waals surface area contributed by atoms with Gasteiger partial charge in [0.25, 0.3) is 0 Å². The van der Waals surface area contributed by atoms with Crippen molar-refractivity contribution in [1.82, 2.24) is 10.6 Å². The lowest BCUT2D eigenvalue weighted by atomic mass is 10.0. The molecule has 3 N–H and O–H groups in total. The zero-order valence-electron chi connectivity index (χ0n) is 8.53. The summed E-state index contributed by atoms with van der Waals surface area (Å²) < 4.78 is 0. The van der Waals surface area contributed by atoms with Crippen molar-refractivity contribution in [2.75, 3.05) is 13.1 Å². The second-order valence-corrected chi connectivity index (χ2v) is 4.41. The molecular weight excluding hydrogens is 196 g/mol. The summed E-state index contributed by atoms with van der Waals surface area (Å²) in [7, 11) is 0. The first kappa shape index (κ1) is 10.4. The molecule has 0 spiro atoms. The number of carboxylic acid groups (broad SMARTS) is 1. The van der Waals surface area contributed by atoms with E-state index < -0.39 is 5.97 Å². The van der Waals surface area contributed by atoms with E-state index in [1.165, 1.54) is 0 Å². The summed E-state index contributed by atoms with van der Waals surface area (Å²) in [5, 5.41) is 14.6. The van der Waals surface area contributed by atoms with Gasteiger partial charge in [-0.25, -0.2) is 0 Å². The van der Waals surface area contributed by atoms with Crippen LogP contribution < -0.4 is 10.6 Å². The second kappa shape index (κ2) is 4.18. The molecule has 2 fully saturated rings. The fourth-order valence-electron chi connectivity index (χ4n) is 1.80. The third-order valence-corrected chi connectivity index (χ3v) is 3.07. The van der Waals surface area contributed by atoms with Gasteiger partial charge in [-0.05, 0) is 18.8 Å². The van der Waals surface area contributed by atoms with Gasteiger partial charge >= 0.3 is 5.97 Å². The molecule has 0 aromatic carbocycles. The van der Waals surface area contributed by atoms with Gasteiger partial charge in [0.2, 0.25) is 5.91 Å². The van der Waals surface area contributed by atoms with Gasteiger partial charge in [0.1, 0.15) is 0 Å². The Morgan fingerprint density at radius 1 is 1.40 bits per heavy atom. The number of carboxylic acids is 1. The Kier molecular flexibility index (Phi) is 2.90. The van der Waals surface area contributed by atoms with Gasteiger partial charge in [-0.1, -0.05) is 0 Å². The van der Waals surface area contributed by atoms with Gasteiger partial charge in [-0.15, -0.1) is 0 Å². The van der Waals surface area contributed by atoms with Crippen molar-refractivity contribution >= 4 is 11.9 Å². The Bertz CT molecular complexity index is 272. The summed E-state index contributed by atoms with van der Waals surface area (Å²) in [4.78, 5) is 22.2. The van der Waals surface area contributed by atoms with Crippen LogP contribution in [0.15, 0.2) is 0 Å². The third kappa shape index (κ3) is 2.68. The molecule has 1 saturated heterocycles. The first-order valence-corrected chi connectivity index (χ1v) is 5.39. The Morgan fingerprint density at radius 2 is 2.07 bits per heavy atom. The standard InChI is InChI=1S/C10H16N2O3/c13-9(14)3-8(6-1-2-6)12-10(15)7-4-11-5-7/h6-8,11H,1-5H2,(H,12,15)(H,13,14). The van der Waals surface area contributed by atoms with Crippen molar-refractivity contribution in [3.8, 4) is 0 Å². The van der Waals surface area contributed by atoms with E-state index in [0.29, 0.717) is 5.92 Å². The van der Waals surface area contributed by atoms with Crippen LogP contribution in [0.2, 0.25) is 0 Å². The van der Waals surface area contributed by atoms with Gasteiger partial charge in [0.15, 0.2) is 0 Å². The molecule has 0 aromatic heterocycles. The van der Waals surface area contributed by atoms with Gasteiger partial charge in [0.05, 0.1) is 12.3 Å². The maximum Gasteiger partial charge on any atom is 0.305 e. The van der Waals surface area contributed by atoms with E-state index in [2.05, 4.69) is 10.6 Å². The molecule has 5 heteroatoms. The highest BCUT2D eigenvalue weighted by Gasteiger charge is 2.35. The average molecular weight is 212 g/mol. The summed E-state index contributed by atoms with van der Waals surface area (Å²) >= 11 is 0. The zero-order valence-corrected chi connectivity index (χ0v) is 8.53. The summed E-state index contributed by atoms with van der Waals surface area (Å²) in [5.41, 5.74) is 0. The molecule has 2 rings (SSSR count). The summed E-state index contributed by atoms with van der Waals surface area (Å²) in [6.07, 6.45) is 2.14. The van der Waals surface area contributed by atoms with E-state index in [9.17, 15) is 9.59 Å². The average Bonchev–Trinajstić information content (AvgIpc) is 2.79. The highest BCUT2D eigenvalue weighted by Crippen LogP contribution is 2.34. The molecule has 1 unspecified atom stereocenters. The minimum Gasteiger partial charge on any atom is -0.481 e. The Hall–Kier alpha value is -1.10. The molecule has 1 amide bonds. The highest BCUT2D eigenvalue weighted by atomic mass is 16.4. The molecule has 5 nitrogen and oxygen atoms in total. The number of hydrogen-bond acceptors (Lipinski definition) is 3. The predicted octanol–water partition coefficient (Wildman–Crippen LogP) is -0.425. The maximum absolute atomic E-state index is 11.6. The van der Waals surface area contributed by atoms with E-state index >= 15 is 0 Å². The minimum atomic E-state index is -0.834. The number of carbonyl (C=O) groups is 2. The van der Waals surface area contributed by atoms with Crippen molar-refractivity contribution in [2.24, 2.45) is 11.8 Å². The number of aliphatic carboxylic acids is 1. The molecule has 0 aromatic rings. The number of rotatable bonds is 5. The first-order valence-electron chi connectivity index (χ1n) is 5.39. The van der Waals surface area contributed by atoms with Crippen LogP contribution in [0.4, 0.5) is 0 Å². The summed E-state index contributed by atoms with van der Waals surface area (Å²) in [6, 6.07) is -0.157. The highest BCUT2D eigenvalue weighted by molar-refractivity contribution is 5.81. The van der Waals surface area contributed by atoms with Gasteiger partial charge in [0, 0.05) is 19.1 Å². The van der Waals surface area contributed by atoms with Crippen LogP contribution in [0.25, 0.3) is 0 Å². The van der Waals surface area contributed by atoms with E-state index in [1.54, 1.807) is 0 Å². The molecule has 0 bridgehead atoms. The zero-order chi connectivity index (χ0) is 10.8. The first-order chi connectivity index (χ1) is 7.16. The SMILES string of the molecule is O=C(O)CC(NC(=O)C1CNC1)C1CC1. The van der Waals surface area contributed by atoms with Crippen molar-refractivity contribution in [3.63, 3.8) is 0 Å². The Balaban J connectivity index is 1.82. The van der Waals surface area contributed by atoms with Gasteiger partial charge < -0.3 is 15.7 Å². The van der Waals surface area contributed by atoms with Crippen LogP contribution in [-0.4, -0.2) is 36.1 Å². The van der Waals surface area contributed by atoms with Gasteiger partial charge in [-0.2, -0.15) is 0 Å². The van der Waals surface area contributed by atoms with E-state index in [0.717, 1.165) is 25.9 Å². The smallest absolute Gasteiger partial charge is 0.305 e. The summed E-state index contributed by atoms with van der Waals surface area (Å²) in [5.74, 6) is -0.399. The molecule has 1 aliphatic carbocycles. The monoisotopic (exact) mass is 212 g/mol. The third-order valence-electron chi connectivity index (χ3n) is 3.07. The number of carbonyl (C=O) groups excluding carboxylic acids is 1. The molecule has 84 valence electrons. The molecule has 1 saturated carbocycles. The minimum absolute atomic E-state index is 0.00639. The lowest BCUT2D eigenvalue weighted by molar-refractivity contribution is -0.138. The van der Waals surface area contributed by atoms with Crippen molar-refractivity contribution in [3.05, 3.63) is 0 Å². The molecule has 2 aliphatic rings. The second-order valence-electron chi connectivity index (χ2n) is 4.41. The fraction of sp³-hybridized carbons (Fsp3) is 0.800. The number of hydrogen-bond donors (Lipinski definition) is 3. The fourth-order valence-corrected chi connectivity index (χ4v) is 1.80.